The van der Waals surface area contributed by atoms with E-state index in [-0.39, 0.29) is 11.7 Å². The maximum atomic E-state index is 12.8. The number of rotatable bonds is 4. The van der Waals surface area contributed by atoms with E-state index in [0.717, 1.165) is 36.2 Å². The van der Waals surface area contributed by atoms with E-state index in [2.05, 4.69) is 9.88 Å². The van der Waals surface area contributed by atoms with E-state index in [1.165, 1.54) is 23.9 Å². The first-order valence-electron chi connectivity index (χ1n) is 7.03. The van der Waals surface area contributed by atoms with E-state index in [9.17, 15) is 9.18 Å². The average molecular weight is 337 g/mol. The molecule has 0 spiro atoms. The lowest BCUT2D eigenvalue weighted by Gasteiger charge is -2.34. The van der Waals surface area contributed by atoms with Crippen LogP contribution in [0.2, 0.25) is 0 Å². The van der Waals surface area contributed by atoms with Crippen LogP contribution >= 0.6 is 23.1 Å². The molecule has 2 aromatic rings. The van der Waals surface area contributed by atoms with E-state index in [1.807, 2.05) is 10.3 Å². The number of carbonyl (C=O) groups is 1. The van der Waals surface area contributed by atoms with Crippen LogP contribution in [0.4, 0.5) is 9.52 Å². The number of halogens is 1. The van der Waals surface area contributed by atoms with Crippen molar-refractivity contribution in [1.82, 2.24) is 9.88 Å². The van der Waals surface area contributed by atoms with Crippen molar-refractivity contribution in [3.05, 3.63) is 41.7 Å². The summed E-state index contributed by atoms with van der Waals surface area (Å²) >= 11 is 3.07. The molecule has 7 heteroatoms. The van der Waals surface area contributed by atoms with Gasteiger partial charge in [-0.05, 0) is 24.3 Å². The fourth-order valence-electron chi connectivity index (χ4n) is 2.29. The largest absolute Gasteiger partial charge is 0.345 e. The van der Waals surface area contributed by atoms with Crippen LogP contribution in [0.15, 0.2) is 40.7 Å². The molecule has 4 nitrogen and oxygen atoms in total. The Morgan fingerprint density at radius 3 is 2.59 bits per heavy atom. The smallest absolute Gasteiger partial charge is 0.233 e. The Morgan fingerprint density at radius 1 is 1.23 bits per heavy atom. The number of thiazole rings is 1. The second-order valence-electron chi connectivity index (χ2n) is 4.93. The Kier molecular flexibility index (Phi) is 4.94. The van der Waals surface area contributed by atoms with E-state index in [4.69, 9.17) is 0 Å². The highest BCUT2D eigenvalue weighted by Crippen LogP contribution is 2.21. The van der Waals surface area contributed by atoms with Gasteiger partial charge in [-0.1, -0.05) is 0 Å². The van der Waals surface area contributed by atoms with Crippen LogP contribution in [0, 0.1) is 5.82 Å². The second-order valence-corrected chi connectivity index (χ2v) is 6.85. The number of benzene rings is 1. The number of aromatic nitrogens is 1. The van der Waals surface area contributed by atoms with E-state index >= 15 is 0 Å². The summed E-state index contributed by atoms with van der Waals surface area (Å²) < 4.78 is 12.8. The standard InChI is InChI=1S/C15H16FN3OS2/c16-12-1-3-13(4-2-12)22-11-14(20)18-6-8-19(9-7-18)15-17-5-10-21-15/h1-5,10H,6-9,11H2. The highest BCUT2D eigenvalue weighted by atomic mass is 32.2. The molecular weight excluding hydrogens is 321 g/mol. The van der Waals surface area contributed by atoms with Gasteiger partial charge in [-0.25, -0.2) is 9.37 Å². The van der Waals surface area contributed by atoms with Crippen LogP contribution in [0.1, 0.15) is 0 Å². The van der Waals surface area contributed by atoms with Crippen LogP contribution in [0.25, 0.3) is 0 Å². The van der Waals surface area contributed by atoms with Gasteiger partial charge in [0.05, 0.1) is 5.75 Å². The molecule has 0 saturated carbocycles. The van der Waals surface area contributed by atoms with Gasteiger partial charge in [0.25, 0.3) is 0 Å². The van der Waals surface area contributed by atoms with Crippen LogP contribution in [-0.2, 0) is 4.79 Å². The van der Waals surface area contributed by atoms with Gasteiger partial charge in [0.15, 0.2) is 5.13 Å². The van der Waals surface area contributed by atoms with E-state index in [0.29, 0.717) is 5.75 Å². The molecule has 3 rings (SSSR count). The van der Waals surface area contributed by atoms with Crippen LogP contribution in [-0.4, -0.2) is 47.7 Å². The van der Waals surface area contributed by atoms with Crippen molar-refractivity contribution in [2.75, 3.05) is 36.8 Å². The molecule has 1 saturated heterocycles. The molecule has 0 unspecified atom stereocenters. The van der Waals surface area contributed by atoms with Gasteiger partial charge < -0.3 is 9.80 Å². The maximum Gasteiger partial charge on any atom is 0.233 e. The summed E-state index contributed by atoms with van der Waals surface area (Å²) in [7, 11) is 0. The number of piperazine rings is 1. The minimum Gasteiger partial charge on any atom is -0.345 e. The Labute approximate surface area is 137 Å². The van der Waals surface area contributed by atoms with Crippen molar-refractivity contribution >= 4 is 34.1 Å². The molecule has 0 radical (unpaired) electrons. The Balaban J connectivity index is 1.46. The SMILES string of the molecule is O=C(CSc1ccc(F)cc1)N1CCN(c2nccs2)CC1. The first-order valence-corrected chi connectivity index (χ1v) is 8.89. The van der Waals surface area contributed by atoms with E-state index < -0.39 is 0 Å². The van der Waals surface area contributed by atoms with Crippen molar-refractivity contribution in [1.29, 1.82) is 0 Å². The average Bonchev–Trinajstić information content (AvgIpc) is 3.09. The predicted octanol–water partition coefficient (Wildman–Crippen LogP) is 2.72. The third kappa shape index (κ3) is 3.78. The van der Waals surface area contributed by atoms with Crippen molar-refractivity contribution in [3.63, 3.8) is 0 Å². The van der Waals surface area contributed by atoms with Gasteiger partial charge in [0.1, 0.15) is 5.82 Å². The molecule has 0 atom stereocenters. The van der Waals surface area contributed by atoms with Crippen LogP contribution < -0.4 is 4.90 Å². The zero-order chi connectivity index (χ0) is 15.4. The molecule has 1 aromatic heterocycles. The topological polar surface area (TPSA) is 36.4 Å². The summed E-state index contributed by atoms with van der Waals surface area (Å²) in [4.78, 5) is 21.5. The van der Waals surface area contributed by atoms with Crippen LogP contribution in [0.5, 0.6) is 0 Å². The van der Waals surface area contributed by atoms with Gasteiger partial charge in [-0.15, -0.1) is 23.1 Å². The predicted molar refractivity (Wildman–Crippen MR) is 88.0 cm³/mol. The summed E-state index contributed by atoms with van der Waals surface area (Å²) in [5.41, 5.74) is 0. The number of hydrogen-bond acceptors (Lipinski definition) is 5. The van der Waals surface area contributed by atoms with Gasteiger partial charge in [-0.3, -0.25) is 4.79 Å². The highest BCUT2D eigenvalue weighted by molar-refractivity contribution is 8.00. The highest BCUT2D eigenvalue weighted by Gasteiger charge is 2.22. The molecule has 116 valence electrons. The molecule has 1 fully saturated rings. The molecule has 22 heavy (non-hydrogen) atoms. The van der Waals surface area contributed by atoms with Gasteiger partial charge >= 0.3 is 0 Å². The quantitative estimate of drug-likeness (QED) is 0.804. The normalized spacial score (nSPS) is 15.1. The zero-order valence-electron chi connectivity index (χ0n) is 11.9. The fourth-order valence-corrected chi connectivity index (χ4v) is 3.78. The second kappa shape index (κ2) is 7.11. The van der Waals surface area contributed by atoms with Crippen molar-refractivity contribution in [2.24, 2.45) is 0 Å². The van der Waals surface area contributed by atoms with Crippen LogP contribution in [0.3, 0.4) is 0 Å². The summed E-state index contributed by atoms with van der Waals surface area (Å²) in [5.74, 6) is 0.269. The Bertz CT molecular complexity index is 610. The third-order valence-corrected chi connectivity index (χ3v) is 5.33. The monoisotopic (exact) mass is 337 g/mol. The summed E-state index contributed by atoms with van der Waals surface area (Å²) in [6, 6.07) is 6.24. The van der Waals surface area contributed by atoms with Gasteiger partial charge in [-0.2, -0.15) is 0 Å². The number of amides is 1. The first-order chi connectivity index (χ1) is 10.7. The molecule has 1 aliphatic heterocycles. The molecule has 0 N–H and O–H groups in total. The molecule has 0 bridgehead atoms. The molecule has 0 aliphatic carbocycles. The number of nitrogens with zero attached hydrogens (tertiary/aromatic N) is 3. The van der Waals surface area contributed by atoms with Crippen molar-refractivity contribution in [2.45, 2.75) is 4.90 Å². The lowest BCUT2D eigenvalue weighted by atomic mass is 10.3. The number of thioether (sulfide) groups is 1. The van der Waals surface area contributed by atoms with Crippen molar-refractivity contribution < 1.29 is 9.18 Å². The fraction of sp³-hybridized carbons (Fsp3) is 0.333. The lowest BCUT2D eigenvalue weighted by molar-refractivity contribution is -0.128. The van der Waals surface area contributed by atoms with Crippen molar-refractivity contribution in [3.8, 4) is 0 Å². The first kappa shape index (κ1) is 15.3. The minimum atomic E-state index is -0.256. The maximum absolute atomic E-state index is 12.8. The van der Waals surface area contributed by atoms with Gasteiger partial charge in [0.2, 0.25) is 5.91 Å². The summed E-state index contributed by atoms with van der Waals surface area (Å²) in [5, 5.41) is 2.99. The van der Waals surface area contributed by atoms with Gasteiger partial charge in [0, 0.05) is 42.7 Å². The molecule has 1 amide bonds. The Morgan fingerprint density at radius 2 is 1.95 bits per heavy atom. The lowest BCUT2D eigenvalue weighted by Crippen LogP contribution is -2.49. The molecule has 1 aliphatic rings. The molecule has 1 aromatic carbocycles. The summed E-state index contributed by atoms with van der Waals surface area (Å²) in [6.07, 6.45) is 1.80. The molecule has 2 heterocycles. The number of hydrogen-bond donors (Lipinski definition) is 0. The van der Waals surface area contributed by atoms with E-state index in [1.54, 1.807) is 29.7 Å². The number of carbonyl (C=O) groups excluding carboxylic acids is 1. The Hall–Kier alpha value is -1.60. The molecular formula is C15H16FN3OS2. The number of anilines is 1. The third-order valence-electron chi connectivity index (χ3n) is 3.50. The minimum absolute atomic E-state index is 0.133. The summed E-state index contributed by atoms with van der Waals surface area (Å²) in [6.45, 7) is 3.09. The zero-order valence-corrected chi connectivity index (χ0v) is 13.6.